The normalized spacial score (nSPS) is 20.3. The zero-order valence-corrected chi connectivity index (χ0v) is 11.2. The Morgan fingerprint density at radius 3 is 2.72 bits per heavy atom. The van der Waals surface area contributed by atoms with Crippen LogP contribution in [0.15, 0.2) is 30.3 Å². The van der Waals surface area contributed by atoms with Crippen molar-refractivity contribution in [1.82, 2.24) is 10.2 Å². The van der Waals surface area contributed by atoms with Gasteiger partial charge in [0.05, 0.1) is 0 Å². The molecule has 0 aliphatic carbocycles. The van der Waals surface area contributed by atoms with E-state index >= 15 is 0 Å². The number of rotatable bonds is 4. The summed E-state index contributed by atoms with van der Waals surface area (Å²) in [5.74, 6) is 0.638. The highest BCUT2D eigenvalue weighted by Gasteiger charge is 2.24. The fourth-order valence-electron chi connectivity index (χ4n) is 2.43. The molecule has 1 aliphatic rings. The summed E-state index contributed by atoms with van der Waals surface area (Å²) >= 11 is 0. The summed E-state index contributed by atoms with van der Waals surface area (Å²) in [6.07, 6.45) is 1.19. The van der Waals surface area contributed by atoms with E-state index in [-0.39, 0.29) is 5.91 Å². The van der Waals surface area contributed by atoms with Crippen molar-refractivity contribution >= 4 is 5.91 Å². The van der Waals surface area contributed by atoms with E-state index in [1.807, 2.05) is 30.3 Å². The molecule has 2 rings (SSSR count). The lowest BCUT2D eigenvalue weighted by molar-refractivity contribution is 0.0947. The number of amides is 1. The van der Waals surface area contributed by atoms with Crippen molar-refractivity contribution in [2.75, 3.05) is 19.6 Å². The van der Waals surface area contributed by atoms with Gasteiger partial charge in [0.1, 0.15) is 0 Å². The molecular weight excluding hydrogens is 224 g/mol. The van der Waals surface area contributed by atoms with Crippen LogP contribution in [0.3, 0.4) is 0 Å². The smallest absolute Gasteiger partial charge is 0.251 e. The van der Waals surface area contributed by atoms with Gasteiger partial charge in [0.25, 0.3) is 5.91 Å². The first kappa shape index (κ1) is 13.1. The molecule has 3 heteroatoms. The molecule has 1 aliphatic heterocycles. The number of carbonyl (C=O) groups is 1. The molecule has 98 valence electrons. The summed E-state index contributed by atoms with van der Waals surface area (Å²) in [5.41, 5.74) is 0.746. The number of likely N-dealkylation sites (tertiary alicyclic amines) is 1. The van der Waals surface area contributed by atoms with Crippen molar-refractivity contribution in [3.05, 3.63) is 35.9 Å². The second-order valence-electron chi connectivity index (χ2n) is 5.32. The molecule has 3 nitrogen and oxygen atoms in total. The minimum absolute atomic E-state index is 0.0404. The average molecular weight is 246 g/mol. The van der Waals surface area contributed by atoms with E-state index in [0.717, 1.165) is 25.2 Å². The van der Waals surface area contributed by atoms with Gasteiger partial charge in [-0.1, -0.05) is 18.2 Å². The van der Waals surface area contributed by atoms with E-state index < -0.39 is 0 Å². The van der Waals surface area contributed by atoms with E-state index in [1.54, 1.807) is 0 Å². The SMILES string of the molecule is CC(C)N1CCC(CNC(=O)c2ccccc2)C1. The van der Waals surface area contributed by atoms with Gasteiger partial charge in [-0.2, -0.15) is 0 Å². The molecule has 1 aromatic carbocycles. The van der Waals surface area contributed by atoms with Gasteiger partial charge in [-0.05, 0) is 44.9 Å². The van der Waals surface area contributed by atoms with Crippen LogP contribution in [-0.4, -0.2) is 36.5 Å². The fraction of sp³-hybridized carbons (Fsp3) is 0.533. The first-order valence-electron chi connectivity index (χ1n) is 6.74. The lowest BCUT2D eigenvalue weighted by Gasteiger charge is -2.20. The Bertz CT molecular complexity index is 389. The maximum atomic E-state index is 11.9. The predicted octanol–water partition coefficient (Wildman–Crippen LogP) is 2.15. The third-order valence-corrected chi connectivity index (χ3v) is 3.63. The molecule has 0 aromatic heterocycles. The van der Waals surface area contributed by atoms with Crippen molar-refractivity contribution in [1.29, 1.82) is 0 Å². The van der Waals surface area contributed by atoms with E-state index in [2.05, 4.69) is 24.1 Å². The van der Waals surface area contributed by atoms with Crippen molar-refractivity contribution in [3.63, 3.8) is 0 Å². The standard InChI is InChI=1S/C15H22N2O/c1-12(2)17-9-8-13(11-17)10-16-15(18)14-6-4-3-5-7-14/h3-7,12-13H,8-11H2,1-2H3,(H,16,18). The molecular formula is C15H22N2O. The molecule has 1 aromatic rings. The summed E-state index contributed by atoms with van der Waals surface area (Å²) in [6.45, 7) is 7.50. The van der Waals surface area contributed by atoms with Gasteiger partial charge in [-0.15, -0.1) is 0 Å². The van der Waals surface area contributed by atoms with E-state index in [0.29, 0.717) is 12.0 Å². The first-order chi connectivity index (χ1) is 8.66. The van der Waals surface area contributed by atoms with Crippen LogP contribution in [0, 0.1) is 5.92 Å². The highest BCUT2D eigenvalue weighted by Crippen LogP contribution is 2.17. The average Bonchev–Trinajstić information content (AvgIpc) is 2.86. The molecule has 0 saturated carbocycles. The van der Waals surface area contributed by atoms with Gasteiger partial charge in [0.15, 0.2) is 0 Å². The number of hydrogen-bond donors (Lipinski definition) is 1. The zero-order chi connectivity index (χ0) is 13.0. The Balaban J connectivity index is 1.78. The van der Waals surface area contributed by atoms with Crippen molar-refractivity contribution in [2.24, 2.45) is 5.92 Å². The highest BCUT2D eigenvalue weighted by atomic mass is 16.1. The Morgan fingerprint density at radius 2 is 2.11 bits per heavy atom. The van der Waals surface area contributed by atoms with Crippen molar-refractivity contribution < 1.29 is 4.79 Å². The first-order valence-corrected chi connectivity index (χ1v) is 6.74. The molecule has 1 saturated heterocycles. The highest BCUT2D eigenvalue weighted by molar-refractivity contribution is 5.94. The molecule has 0 bridgehead atoms. The molecule has 1 heterocycles. The van der Waals surface area contributed by atoms with E-state index in [9.17, 15) is 4.79 Å². The van der Waals surface area contributed by atoms with Crippen molar-refractivity contribution in [2.45, 2.75) is 26.3 Å². The van der Waals surface area contributed by atoms with Crippen LogP contribution in [0.2, 0.25) is 0 Å². The number of nitrogens with one attached hydrogen (secondary N) is 1. The molecule has 18 heavy (non-hydrogen) atoms. The minimum Gasteiger partial charge on any atom is -0.352 e. The lowest BCUT2D eigenvalue weighted by Crippen LogP contribution is -2.32. The van der Waals surface area contributed by atoms with Crippen LogP contribution in [0.25, 0.3) is 0 Å². The molecule has 0 spiro atoms. The van der Waals surface area contributed by atoms with E-state index in [4.69, 9.17) is 0 Å². The van der Waals surface area contributed by atoms with Gasteiger partial charge >= 0.3 is 0 Å². The quantitative estimate of drug-likeness (QED) is 0.883. The summed E-state index contributed by atoms with van der Waals surface area (Å²) in [4.78, 5) is 14.4. The number of nitrogens with zero attached hydrogens (tertiary/aromatic N) is 1. The van der Waals surface area contributed by atoms with Crippen LogP contribution in [0.5, 0.6) is 0 Å². The molecule has 1 atom stereocenters. The van der Waals surface area contributed by atoms with Crippen LogP contribution in [0.1, 0.15) is 30.6 Å². The minimum atomic E-state index is 0.0404. The molecule has 1 amide bonds. The molecule has 1 unspecified atom stereocenters. The van der Waals surface area contributed by atoms with Crippen LogP contribution in [-0.2, 0) is 0 Å². The summed E-state index contributed by atoms with van der Waals surface area (Å²) in [5, 5.41) is 3.03. The third-order valence-electron chi connectivity index (χ3n) is 3.63. The second kappa shape index (κ2) is 6.01. The van der Waals surface area contributed by atoms with Gasteiger partial charge in [-0.25, -0.2) is 0 Å². The molecule has 0 radical (unpaired) electrons. The largest absolute Gasteiger partial charge is 0.352 e. The number of hydrogen-bond acceptors (Lipinski definition) is 2. The zero-order valence-electron chi connectivity index (χ0n) is 11.2. The molecule has 1 N–H and O–H groups in total. The number of carbonyl (C=O) groups excluding carboxylic acids is 1. The maximum Gasteiger partial charge on any atom is 0.251 e. The van der Waals surface area contributed by atoms with Gasteiger partial charge < -0.3 is 10.2 Å². The maximum absolute atomic E-state index is 11.9. The monoisotopic (exact) mass is 246 g/mol. The summed E-state index contributed by atoms with van der Waals surface area (Å²) < 4.78 is 0. The predicted molar refractivity (Wildman–Crippen MR) is 73.6 cm³/mol. The number of benzene rings is 1. The lowest BCUT2D eigenvalue weighted by atomic mass is 10.1. The molecule has 1 fully saturated rings. The topological polar surface area (TPSA) is 32.3 Å². The Labute approximate surface area is 109 Å². The van der Waals surface area contributed by atoms with Gasteiger partial charge in [0, 0.05) is 24.7 Å². The third kappa shape index (κ3) is 3.33. The van der Waals surface area contributed by atoms with Crippen molar-refractivity contribution in [3.8, 4) is 0 Å². The van der Waals surface area contributed by atoms with Gasteiger partial charge in [-0.3, -0.25) is 4.79 Å². The van der Waals surface area contributed by atoms with Gasteiger partial charge in [0.2, 0.25) is 0 Å². The van der Waals surface area contributed by atoms with Crippen LogP contribution >= 0.6 is 0 Å². The Morgan fingerprint density at radius 1 is 1.39 bits per heavy atom. The van der Waals surface area contributed by atoms with Crippen LogP contribution < -0.4 is 5.32 Å². The fourth-order valence-corrected chi connectivity index (χ4v) is 2.43. The Hall–Kier alpha value is -1.35. The summed E-state index contributed by atoms with van der Waals surface area (Å²) in [7, 11) is 0. The van der Waals surface area contributed by atoms with Crippen LogP contribution in [0.4, 0.5) is 0 Å². The Kier molecular flexibility index (Phi) is 4.37. The van der Waals surface area contributed by atoms with E-state index in [1.165, 1.54) is 6.42 Å². The summed E-state index contributed by atoms with van der Waals surface area (Å²) in [6, 6.07) is 10.0. The second-order valence-corrected chi connectivity index (χ2v) is 5.32.